The third-order valence-corrected chi connectivity index (χ3v) is 4.01. The number of halogens is 1. The first-order valence-electron chi connectivity index (χ1n) is 9.47. The summed E-state index contributed by atoms with van der Waals surface area (Å²) in [6.07, 6.45) is 2.69. The predicted octanol–water partition coefficient (Wildman–Crippen LogP) is 3.38. The molecule has 0 saturated heterocycles. The van der Waals surface area contributed by atoms with Crippen molar-refractivity contribution in [3.05, 3.63) is 53.7 Å². The summed E-state index contributed by atoms with van der Waals surface area (Å²) in [5.41, 5.74) is 2.16. The molecule has 0 radical (unpaired) electrons. The molecule has 160 valence electrons. The van der Waals surface area contributed by atoms with Crippen LogP contribution < -0.4 is 20.1 Å². The molecule has 1 aromatic carbocycles. The van der Waals surface area contributed by atoms with Gasteiger partial charge in [0.25, 0.3) is 0 Å². The Morgan fingerprint density at radius 1 is 1.00 bits per heavy atom. The highest BCUT2D eigenvalue weighted by atomic mass is 127. The first-order chi connectivity index (χ1) is 13.7. The normalized spacial score (nSPS) is 10.8. The van der Waals surface area contributed by atoms with Crippen molar-refractivity contribution in [2.24, 2.45) is 4.99 Å². The van der Waals surface area contributed by atoms with E-state index < -0.39 is 0 Å². The second kappa shape index (κ2) is 14.9. The molecular formula is C21H31IN4O3. The molecule has 0 bridgehead atoms. The Bertz CT molecular complexity index is 709. The van der Waals surface area contributed by atoms with Gasteiger partial charge in [-0.3, -0.25) is 0 Å². The molecule has 0 amide bonds. The van der Waals surface area contributed by atoms with Gasteiger partial charge in [-0.15, -0.1) is 24.0 Å². The molecule has 0 saturated carbocycles. The Hall–Kier alpha value is -2.07. The van der Waals surface area contributed by atoms with E-state index in [-0.39, 0.29) is 24.0 Å². The van der Waals surface area contributed by atoms with Crippen LogP contribution in [0.3, 0.4) is 0 Å². The lowest BCUT2D eigenvalue weighted by atomic mass is 10.2. The second-order valence-electron chi connectivity index (χ2n) is 6.05. The fourth-order valence-corrected chi connectivity index (χ4v) is 2.42. The average Bonchev–Trinajstić information content (AvgIpc) is 2.75. The minimum atomic E-state index is 0. The van der Waals surface area contributed by atoms with E-state index in [0.717, 1.165) is 49.0 Å². The van der Waals surface area contributed by atoms with Gasteiger partial charge in [-0.25, -0.2) is 9.98 Å². The lowest BCUT2D eigenvalue weighted by Crippen LogP contribution is -2.37. The van der Waals surface area contributed by atoms with Crippen LogP contribution in [0.1, 0.15) is 24.5 Å². The lowest BCUT2D eigenvalue weighted by Gasteiger charge is -2.13. The van der Waals surface area contributed by atoms with Crippen molar-refractivity contribution in [2.45, 2.75) is 26.4 Å². The molecule has 2 aromatic rings. The standard InChI is InChI=1S/C21H30N4O3.HI/c1-4-28-13-5-12-22-21(24-14-17-6-9-19(26-2)10-7-17)25-16-18-8-11-20(27-3)23-15-18;/h6-11,15H,4-5,12-14,16H2,1-3H3,(H2,22,24,25);1H. The first-order valence-corrected chi connectivity index (χ1v) is 9.47. The van der Waals surface area contributed by atoms with Crippen LogP contribution in [0.15, 0.2) is 47.6 Å². The van der Waals surface area contributed by atoms with Crippen molar-refractivity contribution in [3.8, 4) is 11.6 Å². The van der Waals surface area contributed by atoms with Crippen molar-refractivity contribution in [3.63, 3.8) is 0 Å². The second-order valence-corrected chi connectivity index (χ2v) is 6.05. The summed E-state index contributed by atoms with van der Waals surface area (Å²) in [4.78, 5) is 8.88. The zero-order valence-corrected chi connectivity index (χ0v) is 19.6. The van der Waals surface area contributed by atoms with E-state index in [1.165, 1.54) is 0 Å². The number of hydrogen-bond acceptors (Lipinski definition) is 5. The molecule has 0 aliphatic heterocycles. The Labute approximate surface area is 190 Å². The Balaban J connectivity index is 0.00000420. The highest BCUT2D eigenvalue weighted by molar-refractivity contribution is 14.0. The maximum atomic E-state index is 5.39. The summed E-state index contributed by atoms with van der Waals surface area (Å²) in [5.74, 6) is 2.20. The number of methoxy groups -OCH3 is 2. The van der Waals surface area contributed by atoms with Gasteiger partial charge < -0.3 is 24.8 Å². The van der Waals surface area contributed by atoms with Crippen LogP contribution in [0.2, 0.25) is 0 Å². The van der Waals surface area contributed by atoms with Gasteiger partial charge in [0.2, 0.25) is 5.88 Å². The maximum absolute atomic E-state index is 5.39. The van der Waals surface area contributed by atoms with Gasteiger partial charge in [0, 0.05) is 38.6 Å². The van der Waals surface area contributed by atoms with E-state index in [2.05, 4.69) is 20.6 Å². The van der Waals surface area contributed by atoms with Crippen molar-refractivity contribution < 1.29 is 14.2 Å². The van der Waals surface area contributed by atoms with Crippen molar-refractivity contribution in [1.82, 2.24) is 15.6 Å². The molecule has 0 fully saturated rings. The van der Waals surface area contributed by atoms with E-state index in [1.54, 1.807) is 20.4 Å². The topological polar surface area (TPSA) is 77.0 Å². The summed E-state index contributed by atoms with van der Waals surface area (Å²) in [6, 6.07) is 11.8. The number of benzene rings is 1. The van der Waals surface area contributed by atoms with Gasteiger partial charge in [-0.2, -0.15) is 0 Å². The van der Waals surface area contributed by atoms with Crippen molar-refractivity contribution >= 4 is 29.9 Å². The van der Waals surface area contributed by atoms with E-state index in [4.69, 9.17) is 14.2 Å². The molecule has 2 rings (SSSR count). The molecule has 0 spiro atoms. The van der Waals surface area contributed by atoms with Gasteiger partial charge in [0.1, 0.15) is 5.75 Å². The van der Waals surface area contributed by atoms with Crippen LogP contribution in [-0.4, -0.2) is 44.9 Å². The predicted molar refractivity (Wildman–Crippen MR) is 126 cm³/mol. The van der Waals surface area contributed by atoms with Crippen LogP contribution in [0.4, 0.5) is 0 Å². The van der Waals surface area contributed by atoms with Crippen molar-refractivity contribution in [1.29, 1.82) is 0 Å². The fraction of sp³-hybridized carbons (Fsp3) is 0.429. The largest absolute Gasteiger partial charge is 0.497 e. The van der Waals surface area contributed by atoms with Gasteiger partial charge in [-0.05, 0) is 36.6 Å². The molecule has 2 N–H and O–H groups in total. The zero-order chi connectivity index (χ0) is 20.0. The molecule has 0 atom stereocenters. The number of rotatable bonds is 11. The number of nitrogens with one attached hydrogen (secondary N) is 2. The summed E-state index contributed by atoms with van der Waals surface area (Å²) in [6.45, 7) is 5.45. The maximum Gasteiger partial charge on any atom is 0.212 e. The number of aliphatic imine (C=N–C) groups is 1. The van der Waals surface area contributed by atoms with Crippen LogP contribution in [-0.2, 0) is 17.8 Å². The molecule has 1 aromatic heterocycles. The van der Waals surface area contributed by atoms with Gasteiger partial charge >= 0.3 is 0 Å². The Kier molecular flexibility index (Phi) is 12.8. The Morgan fingerprint density at radius 3 is 2.38 bits per heavy atom. The minimum absolute atomic E-state index is 0. The highest BCUT2D eigenvalue weighted by Crippen LogP contribution is 2.11. The minimum Gasteiger partial charge on any atom is -0.497 e. The van der Waals surface area contributed by atoms with E-state index >= 15 is 0 Å². The molecule has 7 nitrogen and oxygen atoms in total. The average molecular weight is 514 g/mol. The quantitative estimate of drug-likeness (QED) is 0.207. The number of nitrogens with zero attached hydrogens (tertiary/aromatic N) is 2. The lowest BCUT2D eigenvalue weighted by molar-refractivity contribution is 0.145. The Morgan fingerprint density at radius 2 is 1.76 bits per heavy atom. The number of pyridine rings is 1. The third-order valence-electron chi connectivity index (χ3n) is 4.01. The van der Waals surface area contributed by atoms with Crippen molar-refractivity contribution in [2.75, 3.05) is 34.0 Å². The highest BCUT2D eigenvalue weighted by Gasteiger charge is 2.01. The molecular weight excluding hydrogens is 483 g/mol. The summed E-state index contributed by atoms with van der Waals surface area (Å²) in [7, 11) is 3.27. The molecule has 0 unspecified atom stereocenters. The SMILES string of the molecule is CCOCCCNC(=NCc1ccc(OC)nc1)NCc1ccc(OC)cc1.I. The van der Waals surface area contributed by atoms with E-state index in [1.807, 2.05) is 43.3 Å². The number of aromatic nitrogens is 1. The van der Waals surface area contributed by atoms with Gasteiger partial charge in [0.05, 0.1) is 20.8 Å². The molecule has 1 heterocycles. The van der Waals surface area contributed by atoms with Gasteiger partial charge in [0.15, 0.2) is 5.96 Å². The summed E-state index contributed by atoms with van der Waals surface area (Å²) in [5, 5.41) is 6.72. The third kappa shape index (κ3) is 9.80. The van der Waals surface area contributed by atoms with Crippen LogP contribution in [0.25, 0.3) is 0 Å². The molecule has 0 aliphatic rings. The van der Waals surface area contributed by atoms with E-state index in [9.17, 15) is 0 Å². The number of guanidine groups is 1. The van der Waals surface area contributed by atoms with Crippen LogP contribution in [0, 0.1) is 0 Å². The molecule has 29 heavy (non-hydrogen) atoms. The number of ether oxygens (including phenoxy) is 3. The smallest absolute Gasteiger partial charge is 0.212 e. The fourth-order valence-electron chi connectivity index (χ4n) is 2.42. The summed E-state index contributed by atoms with van der Waals surface area (Å²) >= 11 is 0. The van der Waals surface area contributed by atoms with Crippen LogP contribution in [0.5, 0.6) is 11.6 Å². The van der Waals surface area contributed by atoms with Crippen LogP contribution >= 0.6 is 24.0 Å². The monoisotopic (exact) mass is 514 g/mol. The molecule has 8 heteroatoms. The zero-order valence-electron chi connectivity index (χ0n) is 17.3. The summed E-state index contributed by atoms with van der Waals surface area (Å²) < 4.78 is 15.7. The molecule has 0 aliphatic carbocycles. The first kappa shape index (κ1) is 25.0. The van der Waals surface area contributed by atoms with Gasteiger partial charge in [-0.1, -0.05) is 18.2 Å². The van der Waals surface area contributed by atoms with E-state index in [0.29, 0.717) is 19.0 Å². The number of hydrogen-bond donors (Lipinski definition) is 2.